The summed E-state index contributed by atoms with van der Waals surface area (Å²) in [6.07, 6.45) is 5.58. The summed E-state index contributed by atoms with van der Waals surface area (Å²) < 4.78 is 3.55. The Balaban J connectivity index is 1.43. The lowest BCUT2D eigenvalue weighted by atomic mass is 10.1. The Morgan fingerprint density at radius 1 is 1.03 bits per heavy atom. The van der Waals surface area contributed by atoms with Gasteiger partial charge in [-0.05, 0) is 57.0 Å². The molecule has 1 fully saturated rings. The maximum Gasteiger partial charge on any atom is 0.256 e. The van der Waals surface area contributed by atoms with Gasteiger partial charge in [-0.3, -0.25) is 4.79 Å². The largest absolute Gasteiger partial charge is 0.319 e. The summed E-state index contributed by atoms with van der Waals surface area (Å²) in [4.78, 5) is 22.9. The maximum atomic E-state index is 13.6. The first kappa shape index (κ1) is 20.3. The zero-order chi connectivity index (χ0) is 23.2. The number of hydrogen-bond donors (Lipinski definition) is 1. The van der Waals surface area contributed by atoms with E-state index in [2.05, 4.69) is 20.5 Å². The van der Waals surface area contributed by atoms with Gasteiger partial charge in [0.2, 0.25) is 0 Å². The highest BCUT2D eigenvalue weighted by molar-refractivity contribution is 6.13. The molecule has 0 spiro atoms. The van der Waals surface area contributed by atoms with Gasteiger partial charge in [0, 0.05) is 17.8 Å². The maximum absolute atomic E-state index is 13.6. The van der Waals surface area contributed by atoms with Crippen LogP contribution >= 0.6 is 0 Å². The van der Waals surface area contributed by atoms with Crippen molar-refractivity contribution >= 4 is 22.6 Å². The minimum absolute atomic E-state index is 0.200. The minimum atomic E-state index is -0.200. The molecular weight excluding hydrogens is 426 g/mol. The van der Waals surface area contributed by atoms with Crippen LogP contribution in [0.2, 0.25) is 0 Å². The highest BCUT2D eigenvalue weighted by Crippen LogP contribution is 2.40. The smallest absolute Gasteiger partial charge is 0.256 e. The van der Waals surface area contributed by atoms with Crippen LogP contribution in [0.25, 0.3) is 22.5 Å². The highest BCUT2D eigenvalue weighted by atomic mass is 16.1. The van der Waals surface area contributed by atoms with E-state index >= 15 is 0 Å². The average Bonchev–Trinajstić information content (AvgIpc) is 3.59. The standard InChI is InChI=1S/C26H23N7O/c1-16-24-20(26(34)30-22-15-28-32(17(22)2)19-8-4-3-5-9-19)14-21(18-11-12-18)29-25(24)33(31-16)23-10-6-7-13-27-23/h3-10,13-15,18H,11-12H2,1-2H3,(H,30,34). The van der Waals surface area contributed by atoms with Gasteiger partial charge in [0.05, 0.1) is 39.9 Å². The van der Waals surface area contributed by atoms with Crippen molar-refractivity contribution in [1.82, 2.24) is 29.5 Å². The minimum Gasteiger partial charge on any atom is -0.319 e. The number of carbonyl (C=O) groups excluding carboxylic acids is 1. The summed E-state index contributed by atoms with van der Waals surface area (Å²) >= 11 is 0. The van der Waals surface area contributed by atoms with Crippen molar-refractivity contribution in [3.63, 3.8) is 0 Å². The van der Waals surface area contributed by atoms with E-state index in [1.165, 1.54) is 0 Å². The van der Waals surface area contributed by atoms with E-state index in [9.17, 15) is 4.79 Å². The fourth-order valence-electron chi connectivity index (χ4n) is 4.27. The van der Waals surface area contributed by atoms with Gasteiger partial charge >= 0.3 is 0 Å². The van der Waals surface area contributed by atoms with Gasteiger partial charge in [0.1, 0.15) is 0 Å². The summed E-state index contributed by atoms with van der Waals surface area (Å²) in [6.45, 7) is 3.84. The third-order valence-corrected chi connectivity index (χ3v) is 6.20. The van der Waals surface area contributed by atoms with Crippen LogP contribution in [0.3, 0.4) is 0 Å². The molecule has 8 nitrogen and oxygen atoms in total. The number of benzene rings is 1. The second-order valence-electron chi connectivity index (χ2n) is 8.60. The molecular formula is C26H23N7O. The topological polar surface area (TPSA) is 90.5 Å². The molecule has 4 aromatic heterocycles. The Labute approximate surface area is 196 Å². The van der Waals surface area contributed by atoms with Crippen LogP contribution in [0.1, 0.15) is 46.2 Å². The molecule has 5 aromatic rings. The van der Waals surface area contributed by atoms with Crippen LogP contribution in [-0.4, -0.2) is 35.4 Å². The van der Waals surface area contributed by atoms with E-state index in [1.807, 2.05) is 73.1 Å². The second-order valence-corrected chi connectivity index (χ2v) is 8.60. The fourth-order valence-corrected chi connectivity index (χ4v) is 4.27. The van der Waals surface area contributed by atoms with Crippen molar-refractivity contribution in [2.45, 2.75) is 32.6 Å². The monoisotopic (exact) mass is 449 g/mol. The summed E-state index contributed by atoms with van der Waals surface area (Å²) in [6, 6.07) is 17.4. The van der Waals surface area contributed by atoms with Crippen molar-refractivity contribution in [1.29, 1.82) is 0 Å². The van der Waals surface area contributed by atoms with Crippen LogP contribution < -0.4 is 5.32 Å². The Kier molecular flexibility index (Phi) is 4.72. The molecule has 0 bridgehead atoms. The molecule has 6 rings (SSSR count). The fraction of sp³-hybridized carbons (Fsp3) is 0.192. The SMILES string of the molecule is Cc1nn(-c2ccccn2)c2nc(C3CC3)cc(C(=O)Nc3cnn(-c4ccccc4)c3C)c12. The zero-order valence-corrected chi connectivity index (χ0v) is 18.9. The van der Waals surface area contributed by atoms with Gasteiger partial charge in [0.15, 0.2) is 11.5 Å². The van der Waals surface area contributed by atoms with E-state index in [-0.39, 0.29) is 5.91 Å². The molecule has 0 saturated heterocycles. The third kappa shape index (κ3) is 3.44. The Hall–Kier alpha value is -4.33. The number of aryl methyl sites for hydroxylation is 1. The van der Waals surface area contributed by atoms with Crippen LogP contribution in [0.4, 0.5) is 5.69 Å². The summed E-state index contributed by atoms with van der Waals surface area (Å²) in [5.74, 6) is 0.854. The number of fused-ring (bicyclic) bond motifs is 1. The van der Waals surface area contributed by atoms with Crippen LogP contribution in [0, 0.1) is 13.8 Å². The van der Waals surface area contributed by atoms with Gasteiger partial charge in [-0.25, -0.2) is 14.6 Å². The highest BCUT2D eigenvalue weighted by Gasteiger charge is 2.29. The molecule has 34 heavy (non-hydrogen) atoms. The molecule has 1 N–H and O–H groups in total. The number of rotatable bonds is 5. The number of aromatic nitrogens is 6. The molecule has 0 unspecified atom stereocenters. The lowest BCUT2D eigenvalue weighted by molar-refractivity contribution is 0.102. The number of nitrogens with zero attached hydrogens (tertiary/aromatic N) is 6. The van der Waals surface area contributed by atoms with E-state index < -0.39 is 0 Å². The van der Waals surface area contributed by atoms with Gasteiger partial charge in [-0.1, -0.05) is 24.3 Å². The molecule has 0 atom stereocenters. The number of pyridine rings is 2. The van der Waals surface area contributed by atoms with Crippen LogP contribution in [0.15, 0.2) is 67.0 Å². The molecule has 1 aromatic carbocycles. The van der Waals surface area contributed by atoms with Crippen molar-refractivity contribution in [2.75, 3.05) is 5.32 Å². The van der Waals surface area contributed by atoms with Crippen molar-refractivity contribution in [2.24, 2.45) is 0 Å². The molecule has 4 heterocycles. The molecule has 0 aliphatic heterocycles. The second kappa shape index (κ2) is 7.91. The molecule has 168 valence electrons. The quantitative estimate of drug-likeness (QED) is 0.418. The van der Waals surface area contributed by atoms with Gasteiger partial charge in [-0.2, -0.15) is 14.9 Å². The summed E-state index contributed by atoms with van der Waals surface area (Å²) in [7, 11) is 0. The molecule has 1 amide bonds. The van der Waals surface area contributed by atoms with Gasteiger partial charge in [0.25, 0.3) is 5.91 Å². The van der Waals surface area contributed by atoms with E-state index in [0.29, 0.717) is 28.6 Å². The predicted molar refractivity (Wildman–Crippen MR) is 130 cm³/mol. The van der Waals surface area contributed by atoms with E-state index in [4.69, 9.17) is 4.98 Å². The van der Waals surface area contributed by atoms with Gasteiger partial charge < -0.3 is 5.32 Å². The van der Waals surface area contributed by atoms with Crippen LogP contribution in [-0.2, 0) is 0 Å². The molecule has 1 saturated carbocycles. The number of anilines is 1. The number of carbonyl (C=O) groups is 1. The number of hydrogen-bond acceptors (Lipinski definition) is 5. The first-order valence-electron chi connectivity index (χ1n) is 11.3. The molecule has 1 aliphatic carbocycles. The Bertz CT molecular complexity index is 1520. The first-order chi connectivity index (χ1) is 16.6. The van der Waals surface area contributed by atoms with E-state index in [0.717, 1.165) is 41.0 Å². The average molecular weight is 450 g/mol. The lowest BCUT2D eigenvalue weighted by Crippen LogP contribution is -2.14. The summed E-state index contributed by atoms with van der Waals surface area (Å²) in [5.41, 5.74) is 5.34. The Morgan fingerprint density at radius 2 is 1.82 bits per heavy atom. The third-order valence-electron chi connectivity index (χ3n) is 6.20. The lowest BCUT2D eigenvalue weighted by Gasteiger charge is -2.10. The van der Waals surface area contributed by atoms with Crippen molar-refractivity contribution in [3.05, 3.63) is 89.6 Å². The number of para-hydroxylation sites is 1. The van der Waals surface area contributed by atoms with Crippen LogP contribution in [0.5, 0.6) is 0 Å². The molecule has 0 radical (unpaired) electrons. The van der Waals surface area contributed by atoms with Crippen molar-refractivity contribution < 1.29 is 4.79 Å². The van der Waals surface area contributed by atoms with Crippen molar-refractivity contribution in [3.8, 4) is 11.5 Å². The normalized spacial score (nSPS) is 13.4. The van der Waals surface area contributed by atoms with E-state index in [1.54, 1.807) is 17.1 Å². The number of nitrogens with one attached hydrogen (secondary N) is 1. The molecule has 8 heteroatoms. The zero-order valence-electron chi connectivity index (χ0n) is 18.9. The predicted octanol–water partition coefficient (Wildman–Crippen LogP) is 4.75. The van der Waals surface area contributed by atoms with Gasteiger partial charge in [-0.15, -0.1) is 0 Å². The summed E-state index contributed by atoms with van der Waals surface area (Å²) in [5, 5.41) is 13.0. The molecule has 1 aliphatic rings. The number of amides is 1. The first-order valence-corrected chi connectivity index (χ1v) is 11.3. The Morgan fingerprint density at radius 3 is 2.56 bits per heavy atom.